The van der Waals surface area contributed by atoms with Gasteiger partial charge in [0.05, 0.1) is 38.5 Å². The number of alkyl halides is 3. The van der Waals surface area contributed by atoms with Crippen LogP contribution in [0, 0.1) is 4.94 Å². The minimum atomic E-state index is -4.38. The van der Waals surface area contributed by atoms with Crippen molar-refractivity contribution in [2.45, 2.75) is 12.8 Å². The highest BCUT2D eigenvalue weighted by molar-refractivity contribution is 7.07. The molecule has 0 bridgehead atoms. The molecule has 1 heterocycles. The van der Waals surface area contributed by atoms with Crippen LogP contribution in [0.1, 0.15) is 11.1 Å². The van der Waals surface area contributed by atoms with E-state index < -0.39 is 11.7 Å². The Hall–Kier alpha value is -3.64. The highest BCUT2D eigenvalue weighted by Gasteiger charge is 2.29. The molecule has 5 nitrogen and oxygen atoms in total. The van der Waals surface area contributed by atoms with E-state index in [1.54, 1.807) is 44.7 Å². The third kappa shape index (κ3) is 5.08. The van der Waals surface area contributed by atoms with Crippen molar-refractivity contribution in [3.8, 4) is 34.1 Å². The van der Waals surface area contributed by atoms with Gasteiger partial charge in [0.1, 0.15) is 23.7 Å². The molecule has 182 valence electrons. The van der Waals surface area contributed by atoms with Crippen molar-refractivity contribution in [3.63, 3.8) is 0 Å². The minimum Gasteiger partial charge on any atom is -0.496 e. The van der Waals surface area contributed by atoms with E-state index in [1.165, 1.54) is 19.2 Å². The van der Waals surface area contributed by atoms with Gasteiger partial charge in [-0.1, -0.05) is 18.2 Å². The molecule has 1 aromatic heterocycles. The first kappa shape index (κ1) is 24.5. The summed E-state index contributed by atoms with van der Waals surface area (Å²) in [5.74, 6) is 2.10. The van der Waals surface area contributed by atoms with Crippen molar-refractivity contribution in [3.05, 3.63) is 76.9 Å². The van der Waals surface area contributed by atoms with Crippen LogP contribution in [-0.4, -0.2) is 21.3 Å². The van der Waals surface area contributed by atoms with Gasteiger partial charge in [-0.15, -0.1) is 8.86 Å². The molecule has 0 spiro atoms. The van der Waals surface area contributed by atoms with Crippen LogP contribution in [0.25, 0.3) is 22.1 Å². The molecule has 0 saturated heterocycles. The predicted octanol–water partition coefficient (Wildman–Crippen LogP) is 7.40. The topological polar surface area (TPSA) is 50.1 Å². The Morgan fingerprint density at radius 3 is 2.17 bits per heavy atom. The number of halogens is 3. The number of hydrogen-bond donors (Lipinski definition) is 0. The molecule has 35 heavy (non-hydrogen) atoms. The average Bonchev–Trinajstić information content (AvgIpc) is 2.86. The van der Waals surface area contributed by atoms with Gasteiger partial charge in [-0.3, -0.25) is 0 Å². The molecule has 4 aromatic rings. The lowest BCUT2D eigenvalue weighted by Gasteiger charge is -2.14. The molecule has 0 unspecified atom stereocenters. The summed E-state index contributed by atoms with van der Waals surface area (Å²) in [7, 11) is 8.38. The number of benzene rings is 3. The molecular weight excluding hydrogens is 480 g/mol. The second kappa shape index (κ2) is 9.92. The summed E-state index contributed by atoms with van der Waals surface area (Å²) in [6.45, 7) is 0.0849. The van der Waals surface area contributed by atoms with Gasteiger partial charge in [-0.05, 0) is 35.4 Å². The SMILES string of the molecule is COc1cc(OC)c2c(=P)c(-c3ccc(OCc4ccc(C(F)(F)F)cc4)c(OC)c3)coc2c1. The van der Waals surface area contributed by atoms with E-state index in [2.05, 4.69) is 8.86 Å². The maximum absolute atomic E-state index is 12.8. The molecule has 0 radical (unpaired) electrons. The third-order valence-electron chi connectivity index (χ3n) is 5.47. The van der Waals surface area contributed by atoms with Gasteiger partial charge in [-0.2, -0.15) is 13.2 Å². The first-order chi connectivity index (χ1) is 16.7. The van der Waals surface area contributed by atoms with Gasteiger partial charge in [-0.25, -0.2) is 0 Å². The number of fused-ring (bicyclic) bond motifs is 1. The zero-order valence-corrected chi connectivity index (χ0v) is 20.2. The van der Waals surface area contributed by atoms with E-state index in [0.29, 0.717) is 34.1 Å². The predicted molar refractivity (Wildman–Crippen MR) is 129 cm³/mol. The Balaban J connectivity index is 1.63. The zero-order valence-electron chi connectivity index (χ0n) is 19.2. The van der Waals surface area contributed by atoms with Crippen molar-refractivity contribution in [2.24, 2.45) is 0 Å². The maximum atomic E-state index is 12.8. The van der Waals surface area contributed by atoms with Gasteiger partial charge in [0.15, 0.2) is 11.5 Å². The van der Waals surface area contributed by atoms with Crippen LogP contribution in [0.5, 0.6) is 23.0 Å². The highest BCUT2D eigenvalue weighted by atomic mass is 31.0. The Kier molecular flexibility index (Phi) is 6.94. The Labute approximate surface area is 201 Å². The lowest BCUT2D eigenvalue weighted by Crippen LogP contribution is -2.05. The summed E-state index contributed by atoms with van der Waals surface area (Å²) in [4.78, 5) is 0.756. The summed E-state index contributed by atoms with van der Waals surface area (Å²) in [5, 5.41) is 0.740. The van der Waals surface area contributed by atoms with E-state index in [4.69, 9.17) is 23.4 Å². The summed E-state index contributed by atoms with van der Waals surface area (Å²) in [5.41, 5.74) is 2.02. The van der Waals surface area contributed by atoms with Crippen molar-refractivity contribution in [1.82, 2.24) is 0 Å². The van der Waals surface area contributed by atoms with Gasteiger partial charge in [0.25, 0.3) is 0 Å². The number of rotatable bonds is 7. The van der Waals surface area contributed by atoms with Crippen LogP contribution in [-0.2, 0) is 12.8 Å². The quantitative estimate of drug-likeness (QED) is 0.247. The van der Waals surface area contributed by atoms with E-state index in [0.717, 1.165) is 33.6 Å². The molecule has 0 N–H and O–H groups in total. The molecule has 0 amide bonds. The Bertz CT molecular complexity index is 1410. The number of hydrogen-bond acceptors (Lipinski definition) is 5. The van der Waals surface area contributed by atoms with Gasteiger partial charge in [0, 0.05) is 22.6 Å². The standard InChI is InChI=1S/C26H22F3O5P/c1-30-18-11-22(32-3)24-23(12-18)34-14-19(25(24)35)16-6-9-20(21(10-16)31-2)33-13-15-4-7-17(8-5-15)26(27,28)29/h4-12,14,35H,13H2,1-3H3. The zero-order chi connectivity index (χ0) is 25.2. The van der Waals surface area contributed by atoms with Crippen molar-refractivity contribution in [2.75, 3.05) is 21.3 Å². The van der Waals surface area contributed by atoms with E-state index in [9.17, 15) is 13.2 Å². The van der Waals surface area contributed by atoms with Crippen LogP contribution in [0.3, 0.4) is 0 Å². The second-order valence-corrected chi connectivity index (χ2v) is 8.08. The molecule has 9 heteroatoms. The molecule has 0 aliphatic rings. The molecular formula is C26H22F3O5P. The van der Waals surface area contributed by atoms with Crippen molar-refractivity contribution >= 4 is 19.8 Å². The van der Waals surface area contributed by atoms with E-state index in [-0.39, 0.29) is 6.61 Å². The highest BCUT2D eigenvalue weighted by Crippen LogP contribution is 2.39. The number of methoxy groups -OCH3 is 3. The molecule has 0 aliphatic heterocycles. The van der Waals surface area contributed by atoms with Crippen LogP contribution >= 0.6 is 8.86 Å². The summed E-state index contributed by atoms with van der Waals surface area (Å²) < 4.78 is 66.3. The molecule has 0 saturated carbocycles. The normalized spacial score (nSPS) is 11.4. The lowest BCUT2D eigenvalue weighted by molar-refractivity contribution is -0.137. The summed E-state index contributed by atoms with van der Waals surface area (Å²) >= 11 is 0. The lowest BCUT2D eigenvalue weighted by atomic mass is 10.0. The first-order valence-corrected chi connectivity index (χ1v) is 10.9. The molecule has 0 atom stereocenters. The molecule has 4 rings (SSSR count). The van der Waals surface area contributed by atoms with Crippen molar-refractivity contribution < 1.29 is 36.5 Å². The van der Waals surface area contributed by atoms with Crippen molar-refractivity contribution in [1.29, 1.82) is 0 Å². The average molecular weight is 502 g/mol. The fourth-order valence-electron chi connectivity index (χ4n) is 3.62. The fourth-order valence-corrected chi connectivity index (χ4v) is 4.07. The van der Waals surface area contributed by atoms with E-state index in [1.807, 2.05) is 6.07 Å². The summed E-state index contributed by atoms with van der Waals surface area (Å²) in [6.07, 6.45) is -2.77. The van der Waals surface area contributed by atoms with Crippen LogP contribution < -0.4 is 18.9 Å². The largest absolute Gasteiger partial charge is 0.496 e. The first-order valence-electron chi connectivity index (χ1n) is 10.4. The smallest absolute Gasteiger partial charge is 0.416 e. The fraction of sp³-hybridized carbons (Fsp3) is 0.192. The van der Waals surface area contributed by atoms with Crippen LogP contribution in [0.4, 0.5) is 13.2 Å². The number of ether oxygens (including phenoxy) is 4. The minimum absolute atomic E-state index is 0.0849. The maximum Gasteiger partial charge on any atom is 0.416 e. The third-order valence-corrected chi connectivity index (χ3v) is 5.99. The second-order valence-electron chi connectivity index (χ2n) is 7.58. The molecule has 3 aromatic carbocycles. The molecule has 0 aliphatic carbocycles. The Morgan fingerprint density at radius 2 is 1.54 bits per heavy atom. The summed E-state index contributed by atoms with van der Waals surface area (Å²) in [6, 6.07) is 13.7. The van der Waals surface area contributed by atoms with Crippen LogP contribution in [0.2, 0.25) is 0 Å². The van der Waals surface area contributed by atoms with E-state index >= 15 is 0 Å². The van der Waals surface area contributed by atoms with Crippen LogP contribution in [0.15, 0.2) is 65.3 Å². The van der Waals surface area contributed by atoms with Gasteiger partial charge < -0.3 is 23.4 Å². The van der Waals surface area contributed by atoms with Gasteiger partial charge >= 0.3 is 6.18 Å². The Morgan fingerprint density at radius 1 is 0.829 bits per heavy atom. The molecule has 0 fully saturated rings. The monoisotopic (exact) mass is 502 g/mol. The van der Waals surface area contributed by atoms with Gasteiger partial charge in [0.2, 0.25) is 0 Å².